The zero-order chi connectivity index (χ0) is 22.1. The van der Waals surface area contributed by atoms with Crippen LogP contribution in [0.3, 0.4) is 0 Å². The molecule has 0 fully saturated rings. The number of aromatic nitrogens is 2. The lowest BCUT2D eigenvalue weighted by Gasteiger charge is -2.16. The molecule has 0 saturated carbocycles. The number of carbonyl (C=O) groups excluding carboxylic acids is 1. The molecule has 0 bridgehead atoms. The van der Waals surface area contributed by atoms with Crippen molar-refractivity contribution >= 4 is 11.6 Å². The molecule has 2 aromatic heterocycles. The molecule has 3 rings (SSSR count). The van der Waals surface area contributed by atoms with E-state index in [-0.39, 0.29) is 22.7 Å². The summed E-state index contributed by atoms with van der Waals surface area (Å²) in [5.41, 5.74) is 0.532. The summed E-state index contributed by atoms with van der Waals surface area (Å²) in [6.07, 6.45) is -6.41. The van der Waals surface area contributed by atoms with Crippen molar-refractivity contribution in [3.05, 3.63) is 54.5 Å². The molecule has 1 amide bonds. The molecule has 1 atom stereocenters. The van der Waals surface area contributed by atoms with Crippen molar-refractivity contribution in [2.45, 2.75) is 25.3 Å². The van der Waals surface area contributed by atoms with Crippen LogP contribution in [0, 0.1) is 0 Å². The van der Waals surface area contributed by atoms with Crippen LogP contribution in [-0.2, 0) is 0 Å². The zero-order valence-corrected chi connectivity index (χ0v) is 15.4. The number of nitrogens with one attached hydrogen (secondary N) is 1. The molecule has 3 aromatic rings. The van der Waals surface area contributed by atoms with Crippen molar-refractivity contribution in [2.24, 2.45) is 0 Å². The first-order chi connectivity index (χ1) is 14.0. The highest BCUT2D eigenvalue weighted by molar-refractivity contribution is 5.94. The number of benzene rings is 1. The second-order valence-electron chi connectivity index (χ2n) is 6.42. The number of alkyl halides is 6. The number of halogens is 6. The SMILES string of the molecule is C[C@@H](NC(=O)c1cn2cccc(-c3ccccc3OCC(F)(F)F)c2n1)C(F)(F)F. The summed E-state index contributed by atoms with van der Waals surface area (Å²) in [7, 11) is 0. The number of fused-ring (bicyclic) bond motifs is 1. The smallest absolute Gasteiger partial charge is 0.422 e. The Morgan fingerprint density at radius 1 is 1.10 bits per heavy atom. The van der Waals surface area contributed by atoms with Gasteiger partial charge in [-0.1, -0.05) is 18.2 Å². The van der Waals surface area contributed by atoms with Gasteiger partial charge in [0.25, 0.3) is 5.91 Å². The quantitative estimate of drug-likeness (QED) is 0.600. The Hall–Kier alpha value is -3.24. The Morgan fingerprint density at radius 3 is 2.43 bits per heavy atom. The number of hydrogen-bond acceptors (Lipinski definition) is 3. The van der Waals surface area contributed by atoms with Gasteiger partial charge in [0.05, 0.1) is 0 Å². The summed E-state index contributed by atoms with van der Waals surface area (Å²) in [4.78, 5) is 16.2. The average Bonchev–Trinajstić information content (AvgIpc) is 3.10. The second-order valence-corrected chi connectivity index (χ2v) is 6.42. The van der Waals surface area contributed by atoms with E-state index in [2.05, 4.69) is 4.98 Å². The Bertz CT molecular complexity index is 1060. The molecule has 0 aliphatic carbocycles. The third kappa shape index (κ3) is 4.84. The fourth-order valence-electron chi connectivity index (χ4n) is 2.66. The normalized spacial score (nSPS) is 13.3. The van der Waals surface area contributed by atoms with Gasteiger partial charge in [-0.2, -0.15) is 26.3 Å². The molecule has 0 unspecified atom stereocenters. The Labute approximate surface area is 166 Å². The number of amides is 1. The molecule has 11 heteroatoms. The molecule has 2 heterocycles. The number of hydrogen-bond donors (Lipinski definition) is 1. The minimum absolute atomic E-state index is 0.0531. The first kappa shape index (κ1) is 21.5. The summed E-state index contributed by atoms with van der Waals surface area (Å²) in [5, 5.41) is 1.82. The lowest BCUT2D eigenvalue weighted by atomic mass is 10.1. The van der Waals surface area contributed by atoms with E-state index >= 15 is 0 Å². The van der Waals surface area contributed by atoms with Crippen molar-refractivity contribution in [3.63, 3.8) is 0 Å². The number of rotatable bonds is 5. The largest absolute Gasteiger partial charge is 0.483 e. The van der Waals surface area contributed by atoms with Crippen molar-refractivity contribution in [1.29, 1.82) is 0 Å². The van der Waals surface area contributed by atoms with Gasteiger partial charge in [0.1, 0.15) is 23.1 Å². The third-order valence-corrected chi connectivity index (χ3v) is 4.12. The lowest BCUT2D eigenvalue weighted by molar-refractivity contribution is -0.153. The highest BCUT2D eigenvalue weighted by atomic mass is 19.4. The highest BCUT2D eigenvalue weighted by Gasteiger charge is 2.37. The summed E-state index contributed by atoms with van der Waals surface area (Å²) in [6, 6.07) is 6.99. The number of nitrogens with zero attached hydrogens (tertiary/aromatic N) is 2. The van der Waals surface area contributed by atoms with Crippen LogP contribution in [0.5, 0.6) is 5.75 Å². The van der Waals surface area contributed by atoms with Crippen molar-refractivity contribution in [3.8, 4) is 16.9 Å². The molecule has 0 aliphatic heterocycles. The lowest BCUT2D eigenvalue weighted by Crippen LogP contribution is -2.43. The number of pyridine rings is 1. The molecule has 1 N–H and O–H groups in total. The van der Waals surface area contributed by atoms with Crippen LogP contribution in [0.15, 0.2) is 48.8 Å². The van der Waals surface area contributed by atoms with Crippen molar-refractivity contribution < 1.29 is 35.9 Å². The summed E-state index contributed by atoms with van der Waals surface area (Å²) in [5.74, 6) is -1.08. The van der Waals surface area contributed by atoms with Gasteiger partial charge in [-0.15, -0.1) is 0 Å². The first-order valence-electron chi connectivity index (χ1n) is 8.60. The van der Waals surface area contributed by atoms with Crippen LogP contribution < -0.4 is 10.1 Å². The number of carbonyl (C=O) groups is 1. The van der Waals surface area contributed by atoms with E-state index in [4.69, 9.17) is 4.74 Å². The minimum Gasteiger partial charge on any atom is -0.483 e. The molecule has 5 nitrogen and oxygen atoms in total. The fraction of sp³-hybridized carbons (Fsp3) is 0.263. The van der Waals surface area contributed by atoms with Crippen LogP contribution in [0.2, 0.25) is 0 Å². The predicted molar refractivity (Wildman–Crippen MR) is 95.2 cm³/mol. The molecule has 0 saturated heterocycles. The van der Waals surface area contributed by atoms with E-state index in [0.717, 1.165) is 6.92 Å². The van der Waals surface area contributed by atoms with Gasteiger partial charge in [0, 0.05) is 23.5 Å². The maximum atomic E-state index is 12.7. The highest BCUT2D eigenvalue weighted by Crippen LogP contribution is 2.33. The summed E-state index contributed by atoms with van der Waals surface area (Å²) < 4.78 is 81.9. The number of imidazole rings is 1. The van der Waals surface area contributed by atoms with Crippen LogP contribution >= 0.6 is 0 Å². The predicted octanol–water partition coefficient (Wildman–Crippen LogP) is 4.62. The Morgan fingerprint density at radius 2 is 1.77 bits per heavy atom. The monoisotopic (exact) mass is 431 g/mol. The maximum absolute atomic E-state index is 12.7. The maximum Gasteiger partial charge on any atom is 0.422 e. The van der Waals surface area contributed by atoms with E-state index < -0.39 is 30.9 Å². The van der Waals surface area contributed by atoms with E-state index in [1.807, 2.05) is 5.32 Å². The molecule has 1 aromatic carbocycles. The summed E-state index contributed by atoms with van der Waals surface area (Å²) in [6.45, 7) is -0.697. The fourth-order valence-corrected chi connectivity index (χ4v) is 2.66. The van der Waals surface area contributed by atoms with Gasteiger partial charge < -0.3 is 14.5 Å². The Balaban J connectivity index is 1.97. The Kier molecular flexibility index (Phi) is 5.64. The molecule has 30 heavy (non-hydrogen) atoms. The van der Waals surface area contributed by atoms with Crippen LogP contribution in [0.25, 0.3) is 16.8 Å². The van der Waals surface area contributed by atoms with Gasteiger partial charge in [-0.05, 0) is 25.1 Å². The van der Waals surface area contributed by atoms with Gasteiger partial charge in [0.15, 0.2) is 6.61 Å². The average molecular weight is 431 g/mol. The van der Waals surface area contributed by atoms with E-state index in [0.29, 0.717) is 5.56 Å². The van der Waals surface area contributed by atoms with Gasteiger partial charge in [-0.25, -0.2) is 4.98 Å². The van der Waals surface area contributed by atoms with Gasteiger partial charge >= 0.3 is 12.4 Å². The van der Waals surface area contributed by atoms with E-state index in [9.17, 15) is 31.1 Å². The number of ether oxygens (including phenoxy) is 1. The summed E-state index contributed by atoms with van der Waals surface area (Å²) >= 11 is 0. The zero-order valence-electron chi connectivity index (χ0n) is 15.4. The van der Waals surface area contributed by atoms with E-state index in [1.165, 1.54) is 35.0 Å². The van der Waals surface area contributed by atoms with Gasteiger partial charge in [0.2, 0.25) is 0 Å². The van der Waals surface area contributed by atoms with Crippen LogP contribution in [0.1, 0.15) is 17.4 Å². The number of para-hydroxylation sites is 1. The minimum atomic E-state index is -4.62. The molecular weight excluding hydrogens is 416 g/mol. The topological polar surface area (TPSA) is 55.6 Å². The molecule has 0 spiro atoms. The second kappa shape index (κ2) is 7.88. The standard InChI is InChI=1S/C19H15F6N3O2/c1-11(19(23,24)25)26-17(29)14-9-28-8-4-6-13(16(28)27-14)12-5-2-3-7-15(12)30-10-18(20,21)22/h2-9,11H,10H2,1H3,(H,26,29)/t11-/m1/s1. The first-order valence-corrected chi connectivity index (χ1v) is 8.60. The van der Waals surface area contributed by atoms with Crippen molar-refractivity contribution in [1.82, 2.24) is 14.7 Å². The van der Waals surface area contributed by atoms with Crippen LogP contribution in [0.4, 0.5) is 26.3 Å². The van der Waals surface area contributed by atoms with E-state index in [1.54, 1.807) is 18.2 Å². The van der Waals surface area contributed by atoms with Gasteiger partial charge in [-0.3, -0.25) is 4.79 Å². The van der Waals surface area contributed by atoms with Crippen molar-refractivity contribution in [2.75, 3.05) is 6.61 Å². The third-order valence-electron chi connectivity index (χ3n) is 4.12. The van der Waals surface area contributed by atoms with Crippen LogP contribution in [-0.4, -0.2) is 40.3 Å². The molecule has 160 valence electrons. The molecule has 0 aliphatic rings. The molecular formula is C19H15F6N3O2. The molecule has 0 radical (unpaired) electrons.